The number of hydrogen-bond acceptors (Lipinski definition) is 3. The van der Waals surface area contributed by atoms with E-state index in [1.54, 1.807) is 0 Å². The van der Waals surface area contributed by atoms with Crippen LogP contribution in [0, 0.1) is 11.3 Å². The van der Waals surface area contributed by atoms with Crippen molar-refractivity contribution in [2.24, 2.45) is 0 Å². The summed E-state index contributed by atoms with van der Waals surface area (Å²) in [6.45, 7) is 5.43. The number of rotatable bonds is 4. The van der Waals surface area contributed by atoms with Gasteiger partial charge in [0, 0.05) is 6.04 Å². The highest BCUT2D eigenvalue weighted by molar-refractivity contribution is 5.68. The molecule has 0 spiro atoms. The number of carbonyl (C=O) groups is 1. The molecule has 0 radical (unpaired) electrons. The van der Waals surface area contributed by atoms with Gasteiger partial charge in [0.15, 0.2) is 0 Å². The molecule has 0 aliphatic heterocycles. The number of ether oxygens (including phenoxy) is 1. The number of amides is 1. The number of nitrogens with one attached hydrogen (secondary N) is 1. The standard InChI is InChI=1S/C15H20N2O2/c1-15(2,3)19-14(18)17-13(9-10-16)11-12-7-5-4-6-8-12/h4-8,13H,9,11H2,1-3H3,(H,17,18)/t13-/m1/s1. The molecular weight excluding hydrogens is 240 g/mol. The summed E-state index contributed by atoms with van der Waals surface area (Å²) in [5.74, 6) is 0. The smallest absolute Gasteiger partial charge is 0.407 e. The summed E-state index contributed by atoms with van der Waals surface area (Å²) in [7, 11) is 0. The van der Waals surface area contributed by atoms with Crippen LogP contribution in [-0.4, -0.2) is 17.7 Å². The molecular formula is C15H20N2O2. The zero-order valence-corrected chi connectivity index (χ0v) is 11.6. The zero-order chi connectivity index (χ0) is 14.3. The Balaban J connectivity index is 2.59. The van der Waals surface area contributed by atoms with Crippen molar-refractivity contribution < 1.29 is 9.53 Å². The first-order valence-electron chi connectivity index (χ1n) is 6.31. The van der Waals surface area contributed by atoms with Gasteiger partial charge in [0.05, 0.1) is 12.5 Å². The molecule has 0 fully saturated rings. The summed E-state index contributed by atoms with van der Waals surface area (Å²) >= 11 is 0. The number of alkyl carbamates (subject to hydrolysis) is 1. The quantitative estimate of drug-likeness (QED) is 0.905. The van der Waals surface area contributed by atoms with Crippen LogP contribution in [0.25, 0.3) is 0 Å². The Morgan fingerprint density at radius 1 is 1.37 bits per heavy atom. The van der Waals surface area contributed by atoms with Crippen molar-refractivity contribution in [1.29, 1.82) is 5.26 Å². The van der Waals surface area contributed by atoms with E-state index in [1.807, 2.05) is 51.1 Å². The Bertz CT molecular complexity index is 443. The molecule has 1 amide bonds. The first-order chi connectivity index (χ1) is 8.90. The predicted molar refractivity (Wildman–Crippen MR) is 73.5 cm³/mol. The molecule has 0 heterocycles. The van der Waals surface area contributed by atoms with Gasteiger partial charge < -0.3 is 10.1 Å². The predicted octanol–water partition coefficient (Wildman–Crippen LogP) is 3.04. The first-order valence-corrected chi connectivity index (χ1v) is 6.31. The fourth-order valence-corrected chi connectivity index (χ4v) is 1.66. The molecule has 0 aromatic heterocycles. The average molecular weight is 260 g/mol. The van der Waals surface area contributed by atoms with Crippen LogP contribution in [0.15, 0.2) is 30.3 Å². The van der Waals surface area contributed by atoms with E-state index >= 15 is 0 Å². The Morgan fingerprint density at radius 2 is 2.00 bits per heavy atom. The second-order valence-corrected chi connectivity index (χ2v) is 5.40. The molecule has 0 aliphatic rings. The summed E-state index contributed by atoms with van der Waals surface area (Å²) in [6.07, 6.45) is 0.394. The second kappa shape index (κ2) is 6.79. The molecule has 1 aromatic rings. The van der Waals surface area contributed by atoms with Gasteiger partial charge in [-0.1, -0.05) is 30.3 Å². The topological polar surface area (TPSA) is 62.1 Å². The Hall–Kier alpha value is -2.02. The van der Waals surface area contributed by atoms with Gasteiger partial charge in [0.25, 0.3) is 0 Å². The van der Waals surface area contributed by atoms with Gasteiger partial charge in [0.2, 0.25) is 0 Å². The van der Waals surface area contributed by atoms with Crippen molar-refractivity contribution in [1.82, 2.24) is 5.32 Å². The van der Waals surface area contributed by atoms with E-state index in [9.17, 15) is 4.79 Å². The molecule has 1 aromatic carbocycles. The van der Waals surface area contributed by atoms with E-state index in [0.29, 0.717) is 6.42 Å². The summed E-state index contributed by atoms with van der Waals surface area (Å²) in [5.41, 5.74) is 0.549. The molecule has 0 bridgehead atoms. The van der Waals surface area contributed by atoms with Gasteiger partial charge in [-0.15, -0.1) is 0 Å². The first kappa shape index (κ1) is 15.0. The van der Waals surface area contributed by atoms with Gasteiger partial charge in [-0.05, 0) is 32.8 Å². The SMILES string of the molecule is CC(C)(C)OC(=O)N[C@H](CC#N)Cc1ccccc1. The van der Waals surface area contributed by atoms with Crippen molar-refractivity contribution in [2.45, 2.75) is 45.3 Å². The van der Waals surface area contributed by atoms with E-state index in [0.717, 1.165) is 5.56 Å². The molecule has 4 nitrogen and oxygen atoms in total. The maximum atomic E-state index is 11.7. The number of hydrogen-bond donors (Lipinski definition) is 1. The summed E-state index contributed by atoms with van der Waals surface area (Å²) < 4.78 is 5.19. The lowest BCUT2D eigenvalue weighted by atomic mass is 10.0. The van der Waals surface area contributed by atoms with Crippen LogP contribution in [-0.2, 0) is 11.2 Å². The lowest BCUT2D eigenvalue weighted by Crippen LogP contribution is -2.40. The van der Waals surface area contributed by atoms with Crippen LogP contribution in [0.4, 0.5) is 4.79 Å². The summed E-state index contributed by atoms with van der Waals surface area (Å²) in [5, 5.41) is 11.6. The molecule has 1 N–H and O–H groups in total. The Labute approximate surface area is 114 Å². The number of nitrogens with zero attached hydrogens (tertiary/aromatic N) is 1. The van der Waals surface area contributed by atoms with Crippen LogP contribution >= 0.6 is 0 Å². The highest BCUT2D eigenvalue weighted by atomic mass is 16.6. The zero-order valence-electron chi connectivity index (χ0n) is 11.6. The lowest BCUT2D eigenvalue weighted by Gasteiger charge is -2.22. The fourth-order valence-electron chi connectivity index (χ4n) is 1.66. The van der Waals surface area contributed by atoms with E-state index in [-0.39, 0.29) is 12.5 Å². The van der Waals surface area contributed by atoms with Gasteiger partial charge in [-0.25, -0.2) is 4.79 Å². The highest BCUT2D eigenvalue weighted by Crippen LogP contribution is 2.09. The van der Waals surface area contributed by atoms with Crippen molar-refractivity contribution in [2.75, 3.05) is 0 Å². The van der Waals surface area contributed by atoms with Crippen molar-refractivity contribution in [3.63, 3.8) is 0 Å². The summed E-state index contributed by atoms with van der Waals surface area (Å²) in [6, 6.07) is 11.6. The van der Waals surface area contributed by atoms with Gasteiger partial charge in [0.1, 0.15) is 5.60 Å². The second-order valence-electron chi connectivity index (χ2n) is 5.40. The number of carbonyl (C=O) groups excluding carboxylic acids is 1. The largest absolute Gasteiger partial charge is 0.444 e. The number of nitriles is 1. The van der Waals surface area contributed by atoms with Crippen molar-refractivity contribution >= 4 is 6.09 Å². The number of benzene rings is 1. The molecule has 1 atom stereocenters. The van der Waals surface area contributed by atoms with Crippen molar-refractivity contribution in [3.05, 3.63) is 35.9 Å². The minimum atomic E-state index is -0.534. The highest BCUT2D eigenvalue weighted by Gasteiger charge is 2.19. The molecule has 19 heavy (non-hydrogen) atoms. The molecule has 0 saturated carbocycles. The van der Waals surface area contributed by atoms with E-state index in [4.69, 9.17) is 10.00 Å². The van der Waals surface area contributed by atoms with Gasteiger partial charge >= 0.3 is 6.09 Å². The van der Waals surface area contributed by atoms with E-state index < -0.39 is 11.7 Å². The third kappa shape index (κ3) is 6.46. The molecule has 0 saturated heterocycles. The maximum absolute atomic E-state index is 11.7. The lowest BCUT2D eigenvalue weighted by molar-refractivity contribution is 0.0505. The van der Waals surface area contributed by atoms with E-state index in [2.05, 4.69) is 11.4 Å². The minimum Gasteiger partial charge on any atom is -0.444 e. The van der Waals surface area contributed by atoms with Crippen LogP contribution in [0.3, 0.4) is 0 Å². The van der Waals surface area contributed by atoms with Crippen LogP contribution in [0.5, 0.6) is 0 Å². The molecule has 4 heteroatoms. The Kier molecular flexibility index (Phi) is 5.37. The van der Waals surface area contributed by atoms with Gasteiger partial charge in [-0.3, -0.25) is 0 Å². The molecule has 0 unspecified atom stereocenters. The van der Waals surface area contributed by atoms with Crippen LogP contribution in [0.1, 0.15) is 32.8 Å². The summed E-state index contributed by atoms with van der Waals surface area (Å²) in [4.78, 5) is 11.7. The monoisotopic (exact) mass is 260 g/mol. The average Bonchev–Trinajstić information content (AvgIpc) is 2.27. The molecule has 1 rings (SSSR count). The Morgan fingerprint density at radius 3 is 2.53 bits per heavy atom. The fraction of sp³-hybridized carbons (Fsp3) is 0.467. The van der Waals surface area contributed by atoms with Crippen LogP contribution in [0.2, 0.25) is 0 Å². The third-order valence-electron chi connectivity index (χ3n) is 2.38. The molecule has 102 valence electrons. The maximum Gasteiger partial charge on any atom is 0.407 e. The normalized spacial score (nSPS) is 12.3. The van der Waals surface area contributed by atoms with E-state index in [1.165, 1.54) is 0 Å². The van der Waals surface area contributed by atoms with Crippen LogP contribution < -0.4 is 5.32 Å². The minimum absolute atomic E-state index is 0.234. The third-order valence-corrected chi connectivity index (χ3v) is 2.38. The van der Waals surface area contributed by atoms with Crippen molar-refractivity contribution in [3.8, 4) is 6.07 Å². The van der Waals surface area contributed by atoms with Gasteiger partial charge in [-0.2, -0.15) is 5.26 Å². The molecule has 0 aliphatic carbocycles.